The van der Waals surface area contributed by atoms with E-state index in [9.17, 15) is 21.2 Å². The summed E-state index contributed by atoms with van der Waals surface area (Å²) in [5, 5.41) is 8.92. The zero-order valence-electron chi connectivity index (χ0n) is 35.2. The van der Waals surface area contributed by atoms with E-state index in [-0.39, 0.29) is 26.9 Å². The zero-order chi connectivity index (χ0) is 44.2. The Kier molecular flexibility index (Phi) is 13.8. The topological polar surface area (TPSA) is 154 Å². The van der Waals surface area contributed by atoms with Crippen molar-refractivity contribution >= 4 is 65.5 Å². The van der Waals surface area contributed by atoms with Crippen LogP contribution in [-0.4, -0.2) is 81.4 Å². The van der Waals surface area contributed by atoms with Crippen LogP contribution in [0.15, 0.2) is 116 Å². The molecule has 4 N–H and O–H groups in total. The number of hydrogen-bond donors (Lipinski definition) is 4. The van der Waals surface area contributed by atoms with Crippen molar-refractivity contribution in [3.63, 3.8) is 0 Å². The SMILES string of the molecule is COc1cc(F)c(NS(=O)(=O)c2ccc(-c3cccs3)cc2)cc1N1C[C@@H](C)N[C@@H](C)C1.COc1ccc(N2C[C@@H](C)N[C@@H](C)C2)cc1NS(=O)(=O)c1ccc(-c2ccoc2)s1. The fourth-order valence-corrected chi connectivity index (χ4v) is 11.9. The van der Waals surface area contributed by atoms with E-state index in [1.165, 1.54) is 49.8 Å². The number of piperazine rings is 2. The molecule has 8 rings (SSSR count). The highest BCUT2D eigenvalue weighted by atomic mass is 32.2. The normalized spacial score (nSPS) is 19.3. The zero-order valence-corrected chi connectivity index (χ0v) is 38.5. The lowest BCUT2D eigenvalue weighted by Gasteiger charge is -2.38. The van der Waals surface area contributed by atoms with Crippen molar-refractivity contribution < 1.29 is 35.1 Å². The first kappa shape index (κ1) is 44.9. The second-order valence-corrected chi connectivity index (χ2v) is 21.1. The van der Waals surface area contributed by atoms with Crippen LogP contribution in [0.25, 0.3) is 20.9 Å². The predicted octanol–water partition coefficient (Wildman–Crippen LogP) is 8.55. The van der Waals surface area contributed by atoms with Crippen molar-refractivity contribution in [1.29, 1.82) is 0 Å². The summed E-state index contributed by atoms with van der Waals surface area (Å²) in [7, 11) is -4.72. The Bertz CT molecular complexity index is 2640. The van der Waals surface area contributed by atoms with Crippen molar-refractivity contribution in [2.24, 2.45) is 0 Å². The minimum atomic E-state index is -3.97. The highest BCUT2D eigenvalue weighted by Crippen LogP contribution is 2.37. The molecule has 5 heterocycles. The fourth-order valence-electron chi connectivity index (χ4n) is 7.73. The first-order chi connectivity index (χ1) is 29.6. The molecule has 0 radical (unpaired) electrons. The Morgan fingerprint density at radius 3 is 1.94 bits per heavy atom. The third kappa shape index (κ3) is 10.6. The molecule has 2 aliphatic rings. The number of sulfonamides is 2. The Morgan fingerprint density at radius 2 is 1.34 bits per heavy atom. The number of benzene rings is 3. The van der Waals surface area contributed by atoms with Gasteiger partial charge in [0.1, 0.15) is 15.7 Å². The second-order valence-electron chi connectivity index (χ2n) is 15.5. The number of anilines is 4. The Balaban J connectivity index is 0.000000187. The number of furan rings is 1. The molecule has 2 saturated heterocycles. The van der Waals surface area contributed by atoms with Crippen molar-refractivity contribution in [3.8, 4) is 32.4 Å². The molecule has 62 heavy (non-hydrogen) atoms. The summed E-state index contributed by atoms with van der Waals surface area (Å²) in [5.74, 6) is 0.151. The van der Waals surface area contributed by atoms with Gasteiger partial charge in [0.25, 0.3) is 20.0 Å². The quantitative estimate of drug-likeness (QED) is 0.0934. The minimum absolute atomic E-state index is 0.0685. The highest BCUT2D eigenvalue weighted by Gasteiger charge is 2.27. The first-order valence-electron chi connectivity index (χ1n) is 20.0. The molecule has 0 saturated carbocycles. The largest absolute Gasteiger partial charge is 0.495 e. The molecule has 13 nitrogen and oxygen atoms in total. The molecule has 0 unspecified atom stereocenters. The molecular formula is C44H51FN6O7S4. The molecule has 3 aromatic carbocycles. The molecule has 0 bridgehead atoms. The standard InChI is InChI=1S/C23H26FN3O3S2.C21H25N3O4S2/c1-15-13-27(14-16(2)25-15)21-12-20(19(24)11-22(21)30-3)26-32(28,29)18-8-6-17(7-9-18)23-5-4-10-31-23;1-14-11-24(12-15(2)22-14)17-4-5-19(27-3)18(10-17)23-30(25,26)21-7-6-20(29-21)16-8-9-28-13-16/h4-12,15-16,25-26H,13-14H2,1-3H3;4-10,13-15,22-23H,11-12H2,1-3H3/t15-,16+;14-,15+. The van der Waals surface area contributed by atoms with Crippen LogP contribution in [0.3, 0.4) is 0 Å². The van der Waals surface area contributed by atoms with Gasteiger partial charge in [0.15, 0.2) is 5.82 Å². The van der Waals surface area contributed by atoms with Gasteiger partial charge in [0.05, 0.1) is 48.7 Å². The molecule has 0 spiro atoms. The molecular weight excluding hydrogens is 872 g/mol. The van der Waals surface area contributed by atoms with Gasteiger partial charge in [-0.3, -0.25) is 9.44 Å². The van der Waals surface area contributed by atoms with Crippen LogP contribution >= 0.6 is 22.7 Å². The van der Waals surface area contributed by atoms with Crippen molar-refractivity contribution in [1.82, 2.24) is 10.6 Å². The third-order valence-corrected chi connectivity index (χ3v) is 15.7. The van der Waals surface area contributed by atoms with Gasteiger partial charge in [-0.05, 0) is 99.3 Å². The van der Waals surface area contributed by atoms with E-state index in [1.54, 1.807) is 60.3 Å². The van der Waals surface area contributed by atoms with E-state index in [2.05, 4.69) is 57.6 Å². The van der Waals surface area contributed by atoms with E-state index in [0.717, 1.165) is 39.7 Å². The number of nitrogens with one attached hydrogen (secondary N) is 4. The lowest BCUT2D eigenvalue weighted by molar-refractivity contribution is 0.389. The molecule has 18 heteroatoms. The van der Waals surface area contributed by atoms with E-state index in [4.69, 9.17) is 13.9 Å². The van der Waals surface area contributed by atoms with Gasteiger partial charge in [-0.2, -0.15) is 0 Å². The monoisotopic (exact) mass is 922 g/mol. The van der Waals surface area contributed by atoms with E-state index < -0.39 is 25.9 Å². The van der Waals surface area contributed by atoms with Gasteiger partial charge in [-0.25, -0.2) is 21.2 Å². The van der Waals surface area contributed by atoms with Crippen LogP contribution in [0, 0.1) is 5.82 Å². The van der Waals surface area contributed by atoms with E-state index in [0.29, 0.717) is 48.0 Å². The van der Waals surface area contributed by atoms with Gasteiger partial charge in [-0.15, -0.1) is 22.7 Å². The average Bonchev–Trinajstić information content (AvgIpc) is 4.05. The Morgan fingerprint density at radius 1 is 0.694 bits per heavy atom. The lowest BCUT2D eigenvalue weighted by Crippen LogP contribution is -2.54. The number of thiophene rings is 2. The third-order valence-electron chi connectivity index (χ3n) is 10.4. The van der Waals surface area contributed by atoms with Crippen molar-refractivity contribution in [2.45, 2.75) is 61.0 Å². The summed E-state index contributed by atoms with van der Waals surface area (Å²) in [4.78, 5) is 6.28. The molecule has 330 valence electrons. The number of nitrogens with zero attached hydrogens (tertiary/aromatic N) is 2. The Labute approximate surface area is 371 Å². The number of methoxy groups -OCH3 is 2. The summed E-state index contributed by atoms with van der Waals surface area (Å²) in [5.41, 5.74) is 3.70. The summed E-state index contributed by atoms with van der Waals surface area (Å²) in [6.45, 7) is 11.5. The number of hydrogen-bond acceptors (Lipinski definition) is 13. The first-order valence-corrected chi connectivity index (χ1v) is 24.7. The van der Waals surface area contributed by atoms with Crippen LogP contribution in [0.5, 0.6) is 11.5 Å². The van der Waals surface area contributed by atoms with Gasteiger partial charge >= 0.3 is 0 Å². The summed E-state index contributed by atoms with van der Waals surface area (Å²) >= 11 is 2.77. The maximum absolute atomic E-state index is 14.8. The smallest absolute Gasteiger partial charge is 0.271 e. The van der Waals surface area contributed by atoms with Crippen LogP contribution in [0.1, 0.15) is 27.7 Å². The van der Waals surface area contributed by atoms with Crippen LogP contribution in [-0.2, 0) is 20.0 Å². The van der Waals surface area contributed by atoms with Crippen LogP contribution < -0.4 is 39.4 Å². The second kappa shape index (κ2) is 19.1. The molecule has 3 aromatic heterocycles. The van der Waals surface area contributed by atoms with Gasteiger partial charge < -0.3 is 34.3 Å². The number of rotatable bonds is 12. The maximum Gasteiger partial charge on any atom is 0.271 e. The number of halogens is 1. The van der Waals surface area contributed by atoms with E-state index in [1.807, 2.05) is 29.6 Å². The summed E-state index contributed by atoms with van der Waals surface area (Å²) in [6.07, 6.45) is 3.16. The van der Waals surface area contributed by atoms with Crippen molar-refractivity contribution in [3.05, 3.63) is 109 Å². The lowest BCUT2D eigenvalue weighted by atomic mass is 10.1. The van der Waals surface area contributed by atoms with Crippen LogP contribution in [0.4, 0.5) is 27.1 Å². The average molecular weight is 923 g/mol. The maximum atomic E-state index is 14.8. The van der Waals surface area contributed by atoms with Crippen LogP contribution in [0.2, 0.25) is 0 Å². The van der Waals surface area contributed by atoms with Gasteiger partial charge in [0.2, 0.25) is 0 Å². The summed E-state index contributed by atoms with van der Waals surface area (Å²) in [6, 6.07) is 25.2. The molecule has 4 atom stereocenters. The Hall–Kier alpha value is -5.11. The highest BCUT2D eigenvalue weighted by molar-refractivity contribution is 7.94. The molecule has 6 aromatic rings. The molecule has 2 fully saturated rings. The van der Waals surface area contributed by atoms with Gasteiger partial charge in [-0.1, -0.05) is 18.2 Å². The van der Waals surface area contributed by atoms with Crippen molar-refractivity contribution in [2.75, 3.05) is 59.6 Å². The number of ether oxygens (including phenoxy) is 2. The predicted molar refractivity (Wildman–Crippen MR) is 248 cm³/mol. The molecule has 0 aliphatic carbocycles. The fraction of sp³-hybridized carbons (Fsp3) is 0.318. The summed E-state index contributed by atoms with van der Waals surface area (Å²) < 4.78 is 88.1. The van der Waals surface area contributed by atoms with E-state index >= 15 is 0 Å². The minimum Gasteiger partial charge on any atom is -0.495 e. The van der Waals surface area contributed by atoms with Gasteiger partial charge in [0, 0.05) is 77.4 Å². The molecule has 0 amide bonds. The molecule has 2 aliphatic heterocycles.